The van der Waals surface area contributed by atoms with Crippen LogP contribution in [-0.2, 0) is 9.53 Å². The summed E-state index contributed by atoms with van der Waals surface area (Å²) in [6.07, 6.45) is 1.06. The van der Waals surface area contributed by atoms with Crippen LogP contribution in [0.4, 0.5) is 0 Å². The van der Waals surface area contributed by atoms with Gasteiger partial charge in [-0.15, -0.1) is 0 Å². The van der Waals surface area contributed by atoms with Gasteiger partial charge in [0.1, 0.15) is 11.9 Å². The van der Waals surface area contributed by atoms with Gasteiger partial charge in [-0.25, -0.2) is 0 Å². The topological polar surface area (TPSA) is 47.6 Å². The van der Waals surface area contributed by atoms with Crippen LogP contribution in [0.25, 0.3) is 0 Å². The molecule has 0 aromatic heterocycles. The SMILES string of the molecule is CCC(OC)C(=O)NC(CC)c1ccccc1OC. The lowest BCUT2D eigenvalue weighted by atomic mass is 10.0. The minimum Gasteiger partial charge on any atom is -0.496 e. The van der Waals surface area contributed by atoms with Crippen molar-refractivity contribution in [1.82, 2.24) is 5.32 Å². The highest BCUT2D eigenvalue weighted by Crippen LogP contribution is 2.26. The highest BCUT2D eigenvalue weighted by Gasteiger charge is 2.21. The van der Waals surface area contributed by atoms with Crippen molar-refractivity contribution >= 4 is 5.91 Å². The predicted octanol–water partition coefficient (Wildman–Crippen LogP) is 2.69. The molecule has 2 atom stereocenters. The molecule has 0 radical (unpaired) electrons. The van der Waals surface area contributed by atoms with Crippen molar-refractivity contribution < 1.29 is 14.3 Å². The van der Waals surface area contributed by atoms with Crippen LogP contribution in [-0.4, -0.2) is 26.2 Å². The minimum atomic E-state index is -0.399. The molecule has 0 spiro atoms. The molecule has 2 unspecified atom stereocenters. The molecular weight excluding hydrogens is 242 g/mol. The number of amides is 1. The van der Waals surface area contributed by atoms with Crippen molar-refractivity contribution in [3.05, 3.63) is 29.8 Å². The Balaban J connectivity index is 2.86. The summed E-state index contributed by atoms with van der Waals surface area (Å²) < 4.78 is 10.5. The van der Waals surface area contributed by atoms with E-state index in [0.717, 1.165) is 17.7 Å². The molecule has 106 valence electrons. The van der Waals surface area contributed by atoms with Gasteiger partial charge in [0, 0.05) is 12.7 Å². The molecule has 0 heterocycles. The van der Waals surface area contributed by atoms with E-state index in [1.54, 1.807) is 14.2 Å². The van der Waals surface area contributed by atoms with Gasteiger partial charge < -0.3 is 14.8 Å². The van der Waals surface area contributed by atoms with E-state index in [9.17, 15) is 4.79 Å². The Kier molecular flexibility index (Phi) is 6.36. The Morgan fingerprint density at radius 2 is 1.89 bits per heavy atom. The Hall–Kier alpha value is -1.55. The predicted molar refractivity (Wildman–Crippen MR) is 75.3 cm³/mol. The van der Waals surface area contributed by atoms with Crippen LogP contribution in [0.1, 0.15) is 38.3 Å². The highest BCUT2D eigenvalue weighted by atomic mass is 16.5. The molecule has 1 aromatic rings. The number of para-hydroxylation sites is 1. The molecule has 1 rings (SSSR count). The van der Waals surface area contributed by atoms with E-state index in [1.807, 2.05) is 38.1 Å². The summed E-state index contributed by atoms with van der Waals surface area (Å²) in [5.74, 6) is 0.711. The van der Waals surface area contributed by atoms with Crippen molar-refractivity contribution in [2.45, 2.75) is 38.8 Å². The number of methoxy groups -OCH3 is 2. The molecule has 4 heteroatoms. The number of benzene rings is 1. The molecule has 0 aliphatic carbocycles. The first-order valence-corrected chi connectivity index (χ1v) is 6.63. The van der Waals surface area contributed by atoms with Gasteiger partial charge in [0.15, 0.2) is 0 Å². The van der Waals surface area contributed by atoms with Crippen molar-refractivity contribution in [2.75, 3.05) is 14.2 Å². The van der Waals surface area contributed by atoms with Crippen molar-refractivity contribution in [1.29, 1.82) is 0 Å². The van der Waals surface area contributed by atoms with Gasteiger partial charge in [0.25, 0.3) is 0 Å². The minimum absolute atomic E-state index is 0.0622. The summed E-state index contributed by atoms with van der Waals surface area (Å²) in [5, 5.41) is 3.02. The van der Waals surface area contributed by atoms with E-state index in [2.05, 4.69) is 5.32 Å². The lowest BCUT2D eigenvalue weighted by molar-refractivity contribution is -0.132. The first-order valence-electron chi connectivity index (χ1n) is 6.63. The van der Waals surface area contributed by atoms with Crippen LogP contribution in [0.2, 0.25) is 0 Å². The van der Waals surface area contributed by atoms with Crippen LogP contribution in [0.3, 0.4) is 0 Å². The van der Waals surface area contributed by atoms with E-state index in [1.165, 1.54) is 0 Å². The molecular formula is C15H23NO3. The average molecular weight is 265 g/mol. The van der Waals surface area contributed by atoms with E-state index < -0.39 is 6.10 Å². The number of hydrogen-bond acceptors (Lipinski definition) is 3. The number of hydrogen-bond donors (Lipinski definition) is 1. The summed E-state index contributed by atoms with van der Waals surface area (Å²) in [7, 11) is 3.19. The zero-order valence-electron chi connectivity index (χ0n) is 12.1. The number of carbonyl (C=O) groups is 1. The van der Waals surface area contributed by atoms with Gasteiger partial charge in [0.05, 0.1) is 13.2 Å². The molecule has 1 aromatic carbocycles. The Morgan fingerprint density at radius 3 is 2.42 bits per heavy atom. The van der Waals surface area contributed by atoms with Gasteiger partial charge >= 0.3 is 0 Å². The van der Waals surface area contributed by atoms with Crippen LogP contribution >= 0.6 is 0 Å². The number of carbonyl (C=O) groups excluding carboxylic acids is 1. The largest absolute Gasteiger partial charge is 0.496 e. The molecule has 4 nitrogen and oxygen atoms in total. The molecule has 1 amide bonds. The Bertz CT molecular complexity index is 402. The second-order valence-electron chi connectivity index (χ2n) is 4.34. The molecule has 0 saturated carbocycles. The van der Waals surface area contributed by atoms with Crippen molar-refractivity contribution in [3.8, 4) is 5.75 Å². The number of nitrogens with one attached hydrogen (secondary N) is 1. The fourth-order valence-electron chi connectivity index (χ4n) is 2.08. The zero-order chi connectivity index (χ0) is 14.3. The molecule has 0 fully saturated rings. The van der Waals surface area contributed by atoms with Crippen molar-refractivity contribution in [2.24, 2.45) is 0 Å². The average Bonchev–Trinajstić information content (AvgIpc) is 2.46. The van der Waals surface area contributed by atoms with Gasteiger partial charge in [-0.1, -0.05) is 32.0 Å². The van der Waals surface area contributed by atoms with Gasteiger partial charge in [-0.05, 0) is 18.9 Å². The molecule has 19 heavy (non-hydrogen) atoms. The maximum Gasteiger partial charge on any atom is 0.249 e. The molecule has 1 N–H and O–H groups in total. The third-order valence-electron chi connectivity index (χ3n) is 3.19. The second kappa shape index (κ2) is 7.79. The van der Waals surface area contributed by atoms with Gasteiger partial charge in [0.2, 0.25) is 5.91 Å². The number of rotatable bonds is 7. The fourth-order valence-corrected chi connectivity index (χ4v) is 2.08. The number of ether oxygens (including phenoxy) is 2. The standard InChI is InChI=1S/C15H23NO3/c1-5-12(16-15(17)13(6-2)18-3)11-9-7-8-10-14(11)19-4/h7-10,12-13H,5-6H2,1-4H3,(H,16,17). The maximum atomic E-state index is 12.1. The molecule has 0 aliphatic rings. The summed E-state index contributed by atoms with van der Waals surface area (Å²) in [4.78, 5) is 12.1. The van der Waals surface area contributed by atoms with Gasteiger partial charge in [-0.3, -0.25) is 4.79 Å². The van der Waals surface area contributed by atoms with E-state index in [4.69, 9.17) is 9.47 Å². The maximum absolute atomic E-state index is 12.1. The Labute approximate surface area is 115 Å². The van der Waals surface area contributed by atoms with Crippen molar-refractivity contribution in [3.63, 3.8) is 0 Å². The van der Waals surface area contributed by atoms with Crippen LogP contribution in [0, 0.1) is 0 Å². The third kappa shape index (κ3) is 3.96. The van der Waals surface area contributed by atoms with Crippen LogP contribution in [0.5, 0.6) is 5.75 Å². The lowest BCUT2D eigenvalue weighted by Crippen LogP contribution is -2.37. The van der Waals surface area contributed by atoms with E-state index in [0.29, 0.717) is 6.42 Å². The highest BCUT2D eigenvalue weighted by molar-refractivity contribution is 5.81. The zero-order valence-corrected chi connectivity index (χ0v) is 12.1. The lowest BCUT2D eigenvalue weighted by Gasteiger charge is -2.22. The quantitative estimate of drug-likeness (QED) is 0.824. The monoisotopic (exact) mass is 265 g/mol. The fraction of sp³-hybridized carbons (Fsp3) is 0.533. The third-order valence-corrected chi connectivity index (χ3v) is 3.19. The normalized spacial score (nSPS) is 13.7. The molecule has 0 aliphatic heterocycles. The summed E-state index contributed by atoms with van der Waals surface area (Å²) >= 11 is 0. The molecule has 0 bridgehead atoms. The Morgan fingerprint density at radius 1 is 1.21 bits per heavy atom. The smallest absolute Gasteiger partial charge is 0.249 e. The first-order chi connectivity index (χ1) is 9.17. The van der Waals surface area contributed by atoms with Crippen LogP contribution in [0.15, 0.2) is 24.3 Å². The van der Waals surface area contributed by atoms with E-state index in [-0.39, 0.29) is 11.9 Å². The summed E-state index contributed by atoms with van der Waals surface area (Å²) in [6.45, 7) is 3.96. The van der Waals surface area contributed by atoms with Gasteiger partial charge in [-0.2, -0.15) is 0 Å². The summed E-state index contributed by atoms with van der Waals surface area (Å²) in [6, 6.07) is 7.67. The van der Waals surface area contributed by atoms with Crippen LogP contribution < -0.4 is 10.1 Å². The molecule has 0 saturated heterocycles. The second-order valence-corrected chi connectivity index (χ2v) is 4.34. The summed E-state index contributed by atoms with van der Waals surface area (Å²) in [5.41, 5.74) is 0.992. The van der Waals surface area contributed by atoms with E-state index >= 15 is 0 Å². The first kappa shape index (κ1) is 15.5.